The summed E-state index contributed by atoms with van der Waals surface area (Å²) in [5, 5.41) is 2.39. The average molecular weight is 346 g/mol. The summed E-state index contributed by atoms with van der Waals surface area (Å²) in [6.45, 7) is -0.356. The van der Waals surface area contributed by atoms with E-state index < -0.39 is 23.5 Å². The molecule has 0 radical (unpaired) electrons. The molecule has 0 aliphatic carbocycles. The highest BCUT2D eigenvalue weighted by molar-refractivity contribution is 6.17. The highest BCUT2D eigenvalue weighted by Gasteiger charge is 2.33. The van der Waals surface area contributed by atoms with Crippen molar-refractivity contribution < 1.29 is 22.4 Å². The van der Waals surface area contributed by atoms with Gasteiger partial charge in [0.1, 0.15) is 5.82 Å². The summed E-state index contributed by atoms with van der Waals surface area (Å²) in [5.74, 6) is -1.21. The van der Waals surface area contributed by atoms with Gasteiger partial charge in [-0.3, -0.25) is 4.79 Å². The molecule has 0 bridgehead atoms. The van der Waals surface area contributed by atoms with E-state index in [0.717, 1.165) is 17.7 Å². The number of carbonyl (C=O) groups excluding carboxylic acids is 1. The Morgan fingerprint density at radius 3 is 2.30 bits per heavy atom. The molecule has 1 N–H and O–H groups in total. The van der Waals surface area contributed by atoms with Crippen molar-refractivity contribution in [2.75, 3.05) is 0 Å². The summed E-state index contributed by atoms with van der Waals surface area (Å²) in [6, 6.07) is 8.71. The third-order valence-corrected chi connectivity index (χ3v) is 3.50. The van der Waals surface area contributed by atoms with Gasteiger partial charge in [-0.2, -0.15) is 13.2 Å². The maximum atomic E-state index is 13.0. The molecule has 2 rings (SSSR count). The molecule has 2 nitrogen and oxygen atoms in total. The highest BCUT2D eigenvalue weighted by Crippen LogP contribution is 2.32. The van der Waals surface area contributed by atoms with Crippen LogP contribution in [0.1, 0.15) is 27.0 Å². The molecule has 0 aliphatic rings. The summed E-state index contributed by atoms with van der Waals surface area (Å²) in [4.78, 5) is 11.9. The number of rotatable bonds is 4. The maximum Gasteiger partial charge on any atom is 0.416 e. The van der Waals surface area contributed by atoms with Crippen molar-refractivity contribution in [2.24, 2.45) is 0 Å². The zero-order valence-corrected chi connectivity index (χ0v) is 12.5. The Hall–Kier alpha value is -2.08. The van der Waals surface area contributed by atoms with E-state index in [1.807, 2.05) is 0 Å². The van der Waals surface area contributed by atoms with Gasteiger partial charge >= 0.3 is 6.18 Å². The average Bonchev–Trinajstić information content (AvgIpc) is 2.52. The SMILES string of the molecule is O=C(NCc1ccc(F)cc1C(F)(F)F)c1ccc(CCl)cc1. The zero-order chi connectivity index (χ0) is 17.0. The molecule has 0 saturated carbocycles. The van der Waals surface area contributed by atoms with Crippen molar-refractivity contribution >= 4 is 17.5 Å². The minimum atomic E-state index is -4.69. The Kier molecular flexibility index (Phi) is 5.26. The van der Waals surface area contributed by atoms with Crippen LogP contribution in [0, 0.1) is 5.82 Å². The quantitative estimate of drug-likeness (QED) is 0.641. The third kappa shape index (κ3) is 4.45. The summed E-state index contributed by atoms with van der Waals surface area (Å²) < 4.78 is 51.6. The molecule has 23 heavy (non-hydrogen) atoms. The van der Waals surface area contributed by atoms with Gasteiger partial charge in [-0.1, -0.05) is 18.2 Å². The number of hydrogen-bond acceptors (Lipinski definition) is 1. The number of halogens is 5. The molecule has 122 valence electrons. The Labute approximate surface area is 135 Å². The lowest BCUT2D eigenvalue weighted by Gasteiger charge is -2.13. The van der Waals surface area contributed by atoms with Crippen molar-refractivity contribution in [2.45, 2.75) is 18.6 Å². The Morgan fingerprint density at radius 2 is 1.74 bits per heavy atom. The molecule has 2 aromatic carbocycles. The van der Waals surface area contributed by atoms with Gasteiger partial charge in [-0.25, -0.2) is 4.39 Å². The molecule has 0 fully saturated rings. The highest BCUT2D eigenvalue weighted by atomic mass is 35.5. The number of alkyl halides is 4. The van der Waals surface area contributed by atoms with Crippen LogP contribution in [-0.2, 0) is 18.6 Å². The minimum Gasteiger partial charge on any atom is -0.348 e. The molecule has 0 saturated heterocycles. The lowest BCUT2D eigenvalue weighted by Crippen LogP contribution is -2.24. The van der Waals surface area contributed by atoms with Crippen LogP contribution in [0.4, 0.5) is 17.6 Å². The fourth-order valence-corrected chi connectivity index (χ4v) is 2.17. The van der Waals surface area contributed by atoms with Crippen molar-refractivity contribution in [1.82, 2.24) is 5.32 Å². The van der Waals surface area contributed by atoms with Crippen molar-refractivity contribution in [1.29, 1.82) is 0 Å². The zero-order valence-electron chi connectivity index (χ0n) is 11.8. The van der Waals surface area contributed by atoms with Gasteiger partial charge in [-0.05, 0) is 35.4 Å². The van der Waals surface area contributed by atoms with E-state index in [9.17, 15) is 22.4 Å². The molecule has 7 heteroatoms. The molecule has 0 spiro atoms. The normalized spacial score (nSPS) is 11.3. The molecule has 0 heterocycles. The van der Waals surface area contributed by atoms with E-state index in [4.69, 9.17) is 11.6 Å². The monoisotopic (exact) mass is 345 g/mol. The van der Waals surface area contributed by atoms with Crippen LogP contribution in [0.3, 0.4) is 0 Å². The standard InChI is InChI=1S/C16H12ClF4NO/c17-8-10-1-3-11(4-2-10)15(23)22-9-12-5-6-13(18)7-14(12)16(19,20)21/h1-7H,8-9H2,(H,22,23). The van der Waals surface area contributed by atoms with Gasteiger partial charge in [0, 0.05) is 18.0 Å². The Bertz CT molecular complexity index is 698. The van der Waals surface area contributed by atoms with Crippen molar-refractivity contribution in [3.05, 3.63) is 70.5 Å². The summed E-state index contributed by atoms with van der Waals surface area (Å²) in [5.41, 5.74) is -0.185. The second-order valence-corrected chi connectivity index (χ2v) is 5.08. The largest absolute Gasteiger partial charge is 0.416 e. The third-order valence-electron chi connectivity index (χ3n) is 3.19. The van der Waals surface area contributed by atoms with E-state index in [1.165, 1.54) is 12.1 Å². The Balaban J connectivity index is 2.12. The molecule has 0 unspecified atom stereocenters. The van der Waals surface area contributed by atoms with E-state index in [-0.39, 0.29) is 12.1 Å². The second kappa shape index (κ2) is 7.00. The molecule has 0 aliphatic heterocycles. The summed E-state index contributed by atoms with van der Waals surface area (Å²) in [7, 11) is 0. The van der Waals surface area contributed by atoms with Crippen LogP contribution < -0.4 is 5.32 Å². The molecular formula is C16H12ClF4NO. The first kappa shape index (κ1) is 17.3. The van der Waals surface area contributed by atoms with Gasteiger partial charge in [0.2, 0.25) is 0 Å². The number of nitrogens with one attached hydrogen (secondary N) is 1. The van der Waals surface area contributed by atoms with E-state index in [1.54, 1.807) is 12.1 Å². The topological polar surface area (TPSA) is 29.1 Å². The number of amides is 1. The molecule has 1 amide bonds. The van der Waals surface area contributed by atoms with Gasteiger partial charge in [-0.15, -0.1) is 11.6 Å². The van der Waals surface area contributed by atoms with Crippen molar-refractivity contribution in [3.8, 4) is 0 Å². The predicted octanol–water partition coefficient (Wildman–Crippen LogP) is 4.51. The van der Waals surface area contributed by atoms with Crippen LogP contribution in [-0.4, -0.2) is 5.91 Å². The van der Waals surface area contributed by atoms with Crippen LogP contribution in [0.15, 0.2) is 42.5 Å². The fourth-order valence-electron chi connectivity index (χ4n) is 1.99. The number of benzene rings is 2. The van der Waals surface area contributed by atoms with Gasteiger partial charge in [0.25, 0.3) is 5.91 Å². The van der Waals surface area contributed by atoms with E-state index >= 15 is 0 Å². The first-order chi connectivity index (χ1) is 10.8. The van der Waals surface area contributed by atoms with Gasteiger partial charge in [0.05, 0.1) is 5.56 Å². The van der Waals surface area contributed by atoms with E-state index in [2.05, 4.69) is 5.32 Å². The predicted molar refractivity (Wildman–Crippen MR) is 78.6 cm³/mol. The van der Waals surface area contributed by atoms with Crippen molar-refractivity contribution in [3.63, 3.8) is 0 Å². The van der Waals surface area contributed by atoms with Crippen LogP contribution in [0.25, 0.3) is 0 Å². The number of carbonyl (C=O) groups is 1. The summed E-state index contributed by atoms with van der Waals surface area (Å²) in [6.07, 6.45) is -4.69. The summed E-state index contributed by atoms with van der Waals surface area (Å²) >= 11 is 5.64. The first-order valence-electron chi connectivity index (χ1n) is 6.60. The second-order valence-electron chi connectivity index (χ2n) is 4.81. The molecule has 0 aromatic heterocycles. The molecular weight excluding hydrogens is 334 g/mol. The van der Waals surface area contributed by atoms with Gasteiger partial charge < -0.3 is 5.32 Å². The Morgan fingerprint density at radius 1 is 1.09 bits per heavy atom. The lowest BCUT2D eigenvalue weighted by atomic mass is 10.1. The van der Waals surface area contributed by atoms with Crippen LogP contribution in [0.2, 0.25) is 0 Å². The molecule has 2 aromatic rings. The smallest absolute Gasteiger partial charge is 0.348 e. The first-order valence-corrected chi connectivity index (χ1v) is 7.13. The minimum absolute atomic E-state index is 0.204. The maximum absolute atomic E-state index is 13.0. The fraction of sp³-hybridized carbons (Fsp3) is 0.188. The van der Waals surface area contributed by atoms with Gasteiger partial charge in [0.15, 0.2) is 0 Å². The van der Waals surface area contributed by atoms with Crippen LogP contribution >= 0.6 is 11.6 Å². The van der Waals surface area contributed by atoms with Crippen LogP contribution in [0.5, 0.6) is 0 Å². The van der Waals surface area contributed by atoms with E-state index in [0.29, 0.717) is 17.5 Å². The molecule has 0 atom stereocenters. The number of hydrogen-bond donors (Lipinski definition) is 1. The lowest BCUT2D eigenvalue weighted by molar-refractivity contribution is -0.138.